The van der Waals surface area contributed by atoms with E-state index >= 15 is 0 Å². The van der Waals surface area contributed by atoms with Crippen molar-refractivity contribution in [1.82, 2.24) is 15.1 Å². The number of hydrogen-bond donors (Lipinski definition) is 1. The normalized spacial score (nSPS) is 31.1. The number of aliphatic imine (C=N–C) groups is 1. The molecular weight excluding hydrogens is 300 g/mol. The Labute approximate surface area is 146 Å². The van der Waals surface area contributed by atoms with Crippen molar-refractivity contribution in [1.29, 1.82) is 0 Å². The van der Waals surface area contributed by atoms with Gasteiger partial charge in [0.25, 0.3) is 0 Å². The molecule has 0 spiro atoms. The zero-order valence-electron chi connectivity index (χ0n) is 15.5. The van der Waals surface area contributed by atoms with Gasteiger partial charge in [0, 0.05) is 45.7 Å². The van der Waals surface area contributed by atoms with Gasteiger partial charge in [-0.25, -0.2) is 0 Å². The summed E-state index contributed by atoms with van der Waals surface area (Å²) in [6, 6.07) is 0.410. The van der Waals surface area contributed by atoms with Crippen molar-refractivity contribution in [2.45, 2.75) is 64.3 Å². The summed E-state index contributed by atoms with van der Waals surface area (Å²) in [5.74, 6) is 2.99. The van der Waals surface area contributed by atoms with Crippen molar-refractivity contribution in [3.8, 4) is 0 Å². The molecule has 1 N–H and O–H groups in total. The molecule has 1 amide bonds. The first-order valence-corrected chi connectivity index (χ1v) is 9.94. The number of nitrogens with zero attached hydrogens (tertiary/aromatic N) is 3. The Morgan fingerprint density at radius 2 is 1.75 bits per heavy atom. The molecule has 2 saturated heterocycles. The standard InChI is InChI=1S/C19H34N4O/c1-15-7-5-6-12-23(15)18(24)10-11-21-19(20-2)22-13-16-8-3-4-9-17(16)14-22/h15-17H,3-14H2,1-2H3,(H,20,21). The third-order valence-electron chi connectivity index (χ3n) is 6.23. The zero-order chi connectivity index (χ0) is 16.9. The Balaban J connectivity index is 1.44. The first-order chi connectivity index (χ1) is 11.7. The van der Waals surface area contributed by atoms with Crippen LogP contribution in [-0.4, -0.2) is 60.9 Å². The van der Waals surface area contributed by atoms with Crippen LogP contribution in [0.1, 0.15) is 58.3 Å². The predicted molar refractivity (Wildman–Crippen MR) is 98.0 cm³/mol. The van der Waals surface area contributed by atoms with Gasteiger partial charge < -0.3 is 15.1 Å². The Kier molecular flexibility index (Phi) is 6.01. The van der Waals surface area contributed by atoms with Gasteiger partial charge in [-0.3, -0.25) is 9.79 Å². The molecule has 3 atom stereocenters. The average Bonchev–Trinajstić information content (AvgIpc) is 3.02. The molecule has 3 fully saturated rings. The average molecular weight is 335 g/mol. The van der Waals surface area contributed by atoms with Gasteiger partial charge in [-0.1, -0.05) is 12.8 Å². The highest BCUT2D eigenvalue weighted by molar-refractivity contribution is 5.81. The molecule has 0 aromatic heterocycles. The van der Waals surface area contributed by atoms with E-state index in [1.165, 1.54) is 32.1 Å². The highest BCUT2D eigenvalue weighted by Crippen LogP contribution is 2.35. The lowest BCUT2D eigenvalue weighted by Gasteiger charge is -2.33. The summed E-state index contributed by atoms with van der Waals surface area (Å²) in [5.41, 5.74) is 0. The number of nitrogens with one attached hydrogen (secondary N) is 1. The van der Waals surface area contributed by atoms with Gasteiger partial charge in [-0.05, 0) is 50.9 Å². The van der Waals surface area contributed by atoms with Crippen molar-refractivity contribution in [3.63, 3.8) is 0 Å². The van der Waals surface area contributed by atoms with E-state index in [0.717, 1.165) is 50.3 Å². The third kappa shape index (κ3) is 4.04. The number of rotatable bonds is 3. The minimum atomic E-state index is 0.292. The van der Waals surface area contributed by atoms with Gasteiger partial charge in [0.2, 0.25) is 5.91 Å². The molecule has 24 heavy (non-hydrogen) atoms. The van der Waals surface area contributed by atoms with E-state index < -0.39 is 0 Å². The fourth-order valence-corrected chi connectivity index (χ4v) is 4.80. The third-order valence-corrected chi connectivity index (χ3v) is 6.23. The highest BCUT2D eigenvalue weighted by Gasteiger charge is 2.35. The summed E-state index contributed by atoms with van der Waals surface area (Å²) in [5, 5.41) is 3.43. The number of amides is 1. The second-order valence-electron chi connectivity index (χ2n) is 7.87. The van der Waals surface area contributed by atoms with E-state index in [1.807, 2.05) is 7.05 Å². The maximum Gasteiger partial charge on any atom is 0.224 e. The fourth-order valence-electron chi connectivity index (χ4n) is 4.80. The Hall–Kier alpha value is -1.26. The van der Waals surface area contributed by atoms with Crippen LogP contribution in [0.3, 0.4) is 0 Å². The van der Waals surface area contributed by atoms with Gasteiger partial charge in [0.15, 0.2) is 5.96 Å². The van der Waals surface area contributed by atoms with Crippen LogP contribution in [0.25, 0.3) is 0 Å². The second-order valence-corrected chi connectivity index (χ2v) is 7.87. The van der Waals surface area contributed by atoms with Gasteiger partial charge in [-0.2, -0.15) is 0 Å². The minimum Gasteiger partial charge on any atom is -0.356 e. The van der Waals surface area contributed by atoms with Crippen LogP contribution in [-0.2, 0) is 4.79 Å². The monoisotopic (exact) mass is 334 g/mol. The maximum absolute atomic E-state index is 12.4. The Morgan fingerprint density at radius 3 is 2.38 bits per heavy atom. The van der Waals surface area contributed by atoms with Crippen LogP contribution in [0, 0.1) is 11.8 Å². The molecule has 1 aliphatic carbocycles. The lowest BCUT2D eigenvalue weighted by Crippen LogP contribution is -2.45. The number of likely N-dealkylation sites (tertiary alicyclic amines) is 2. The summed E-state index contributed by atoms with van der Waals surface area (Å²) in [7, 11) is 1.86. The number of carbonyl (C=O) groups is 1. The topological polar surface area (TPSA) is 47.9 Å². The Bertz CT molecular complexity index is 450. The number of guanidine groups is 1. The van der Waals surface area contributed by atoms with Crippen molar-refractivity contribution < 1.29 is 4.79 Å². The number of fused-ring (bicyclic) bond motifs is 1. The molecule has 0 bridgehead atoms. The van der Waals surface area contributed by atoms with E-state index in [2.05, 4.69) is 27.0 Å². The van der Waals surface area contributed by atoms with Gasteiger partial charge >= 0.3 is 0 Å². The quantitative estimate of drug-likeness (QED) is 0.637. The number of carbonyl (C=O) groups excluding carboxylic acids is 1. The molecule has 1 saturated carbocycles. The molecule has 2 aliphatic heterocycles. The van der Waals surface area contributed by atoms with E-state index in [4.69, 9.17) is 0 Å². The smallest absolute Gasteiger partial charge is 0.224 e. The van der Waals surface area contributed by atoms with Crippen molar-refractivity contribution in [2.24, 2.45) is 16.8 Å². The minimum absolute atomic E-state index is 0.292. The summed E-state index contributed by atoms with van der Waals surface area (Å²) in [4.78, 5) is 21.4. The lowest BCUT2D eigenvalue weighted by molar-refractivity contribution is -0.134. The SMILES string of the molecule is CN=C(NCCC(=O)N1CCCCC1C)N1CC2CCCCC2C1. The van der Waals surface area contributed by atoms with E-state index in [0.29, 0.717) is 24.9 Å². The summed E-state index contributed by atoms with van der Waals surface area (Å²) in [6.07, 6.45) is 9.68. The molecule has 5 nitrogen and oxygen atoms in total. The maximum atomic E-state index is 12.4. The highest BCUT2D eigenvalue weighted by atomic mass is 16.2. The fraction of sp³-hybridized carbons (Fsp3) is 0.895. The Morgan fingerprint density at radius 1 is 1.08 bits per heavy atom. The molecule has 2 heterocycles. The summed E-state index contributed by atoms with van der Waals surface area (Å²) >= 11 is 0. The van der Waals surface area contributed by atoms with Crippen LogP contribution in [0.2, 0.25) is 0 Å². The summed E-state index contributed by atoms with van der Waals surface area (Å²) in [6.45, 7) is 6.09. The first-order valence-electron chi connectivity index (χ1n) is 9.94. The molecular formula is C19H34N4O. The van der Waals surface area contributed by atoms with Crippen LogP contribution >= 0.6 is 0 Å². The lowest BCUT2D eigenvalue weighted by atomic mass is 9.82. The molecule has 3 aliphatic rings. The van der Waals surface area contributed by atoms with E-state index in [-0.39, 0.29) is 0 Å². The van der Waals surface area contributed by atoms with Crippen molar-refractivity contribution in [3.05, 3.63) is 0 Å². The largest absolute Gasteiger partial charge is 0.356 e. The van der Waals surface area contributed by atoms with Crippen LogP contribution in [0.4, 0.5) is 0 Å². The molecule has 5 heteroatoms. The van der Waals surface area contributed by atoms with Crippen molar-refractivity contribution >= 4 is 11.9 Å². The number of piperidine rings is 1. The molecule has 3 unspecified atom stereocenters. The van der Waals surface area contributed by atoms with Crippen LogP contribution < -0.4 is 5.32 Å². The molecule has 136 valence electrons. The molecule has 0 aromatic rings. The van der Waals surface area contributed by atoms with Crippen LogP contribution in [0.15, 0.2) is 4.99 Å². The van der Waals surface area contributed by atoms with E-state index in [9.17, 15) is 4.79 Å². The molecule has 3 rings (SSSR count). The van der Waals surface area contributed by atoms with Crippen molar-refractivity contribution in [2.75, 3.05) is 33.2 Å². The van der Waals surface area contributed by atoms with Gasteiger partial charge in [0.05, 0.1) is 0 Å². The van der Waals surface area contributed by atoms with E-state index in [1.54, 1.807) is 0 Å². The van der Waals surface area contributed by atoms with Gasteiger partial charge in [-0.15, -0.1) is 0 Å². The number of hydrogen-bond acceptors (Lipinski definition) is 2. The second kappa shape index (κ2) is 8.21. The van der Waals surface area contributed by atoms with Crippen LogP contribution in [0.5, 0.6) is 0 Å². The molecule has 0 radical (unpaired) electrons. The summed E-state index contributed by atoms with van der Waals surface area (Å²) < 4.78 is 0. The predicted octanol–water partition coefficient (Wildman–Crippen LogP) is 2.47. The first kappa shape index (κ1) is 17.6. The molecule has 0 aromatic carbocycles. The zero-order valence-corrected chi connectivity index (χ0v) is 15.5. The van der Waals surface area contributed by atoms with Gasteiger partial charge in [0.1, 0.15) is 0 Å².